The molecule has 1 aromatic heterocycles. The maximum atomic E-state index is 5.99. The smallest absolute Gasteiger partial charge is 0.317 e. The number of rotatable bonds is 1. The fourth-order valence-electron chi connectivity index (χ4n) is 1.62. The van der Waals surface area contributed by atoms with Gasteiger partial charge in [-0.3, -0.25) is 0 Å². The molecule has 15 heavy (non-hydrogen) atoms. The summed E-state index contributed by atoms with van der Waals surface area (Å²) in [5.41, 5.74) is 2.16. The molecule has 1 heterocycles. The highest BCUT2D eigenvalue weighted by atomic mass is 35.5. The number of ether oxygens (including phenoxy) is 1. The number of hydrogen-bond acceptors (Lipinski definition) is 3. The van der Waals surface area contributed by atoms with E-state index in [1.54, 1.807) is 7.11 Å². The van der Waals surface area contributed by atoms with Gasteiger partial charge in [0.15, 0.2) is 0 Å². The molecule has 0 amide bonds. The minimum Gasteiger partial charge on any atom is -0.467 e. The van der Waals surface area contributed by atoms with Gasteiger partial charge in [0, 0.05) is 5.56 Å². The molecule has 0 bridgehead atoms. The molecule has 0 saturated carbocycles. The van der Waals surface area contributed by atoms with Gasteiger partial charge in [0.25, 0.3) is 0 Å². The molecule has 1 aliphatic rings. The number of fused-ring (bicyclic) bond motifs is 1. The number of aryl methyl sites for hydroxylation is 1. The van der Waals surface area contributed by atoms with E-state index < -0.39 is 0 Å². The Morgan fingerprint density at radius 1 is 1.13 bits per heavy atom. The first kappa shape index (κ1) is 12.2. The molecule has 4 heteroatoms. The Morgan fingerprint density at radius 2 is 1.80 bits per heavy atom. The van der Waals surface area contributed by atoms with Gasteiger partial charge in [0.05, 0.1) is 12.8 Å². The first-order valence-electron chi connectivity index (χ1n) is 5.40. The average molecular weight is 229 g/mol. The molecule has 0 fully saturated rings. The second-order valence-corrected chi connectivity index (χ2v) is 3.49. The molecule has 1 aliphatic carbocycles. The van der Waals surface area contributed by atoms with Gasteiger partial charge in [-0.25, -0.2) is 0 Å². The van der Waals surface area contributed by atoms with E-state index in [-0.39, 0.29) is 0 Å². The van der Waals surface area contributed by atoms with Gasteiger partial charge < -0.3 is 4.74 Å². The molecule has 0 N–H and O–H groups in total. The van der Waals surface area contributed by atoms with Crippen molar-refractivity contribution in [1.82, 2.24) is 9.97 Å². The second-order valence-electron chi connectivity index (χ2n) is 3.13. The molecule has 84 valence electrons. The first-order chi connectivity index (χ1) is 7.31. The molecule has 0 unspecified atom stereocenters. The summed E-state index contributed by atoms with van der Waals surface area (Å²) in [7, 11) is 1.56. The van der Waals surface area contributed by atoms with E-state index in [9.17, 15) is 0 Å². The zero-order chi connectivity index (χ0) is 11.3. The Morgan fingerprint density at radius 3 is 2.47 bits per heavy atom. The van der Waals surface area contributed by atoms with Crippen LogP contribution in [0.4, 0.5) is 0 Å². The van der Waals surface area contributed by atoms with Gasteiger partial charge in [-0.2, -0.15) is 9.97 Å². The third-order valence-corrected chi connectivity index (χ3v) is 2.61. The minimum atomic E-state index is 0.380. The van der Waals surface area contributed by atoms with E-state index in [4.69, 9.17) is 16.3 Å². The molecular formula is C11H17ClN2O. The van der Waals surface area contributed by atoms with Crippen LogP contribution >= 0.6 is 11.6 Å². The maximum absolute atomic E-state index is 5.99. The van der Waals surface area contributed by atoms with E-state index in [0.29, 0.717) is 11.2 Å². The highest BCUT2D eigenvalue weighted by Crippen LogP contribution is 2.26. The molecular weight excluding hydrogens is 212 g/mol. The molecule has 0 atom stereocenters. The van der Waals surface area contributed by atoms with Crippen LogP contribution in [0.1, 0.15) is 37.9 Å². The largest absolute Gasteiger partial charge is 0.467 e. The van der Waals surface area contributed by atoms with Crippen LogP contribution in [-0.4, -0.2) is 17.1 Å². The molecule has 0 radical (unpaired) electrons. The zero-order valence-corrected chi connectivity index (χ0v) is 10.3. The van der Waals surface area contributed by atoms with E-state index in [1.807, 2.05) is 13.8 Å². The van der Waals surface area contributed by atoms with Gasteiger partial charge in [0.1, 0.15) is 5.15 Å². The van der Waals surface area contributed by atoms with Crippen molar-refractivity contribution < 1.29 is 4.74 Å². The molecule has 0 aromatic carbocycles. The lowest BCUT2D eigenvalue weighted by Gasteiger charge is -2.15. The molecule has 0 saturated heterocycles. The number of methoxy groups -OCH3 is 1. The summed E-state index contributed by atoms with van der Waals surface area (Å²) < 4.78 is 4.95. The fourth-order valence-corrected chi connectivity index (χ4v) is 1.89. The van der Waals surface area contributed by atoms with Crippen molar-refractivity contribution in [3.05, 3.63) is 16.4 Å². The Kier molecular flexibility index (Phi) is 4.82. The first-order valence-corrected chi connectivity index (χ1v) is 5.78. The summed E-state index contributed by atoms with van der Waals surface area (Å²) in [6.45, 7) is 4.00. The predicted molar refractivity (Wildman–Crippen MR) is 61.6 cm³/mol. The van der Waals surface area contributed by atoms with Gasteiger partial charge >= 0.3 is 6.01 Å². The summed E-state index contributed by atoms with van der Waals surface area (Å²) in [4.78, 5) is 8.31. The number of hydrogen-bond donors (Lipinski definition) is 0. The number of halogens is 1. The summed E-state index contributed by atoms with van der Waals surface area (Å²) in [6, 6.07) is 0.380. The number of aromatic nitrogens is 2. The van der Waals surface area contributed by atoms with Gasteiger partial charge in [0.2, 0.25) is 0 Å². The van der Waals surface area contributed by atoms with Crippen LogP contribution in [0.3, 0.4) is 0 Å². The van der Waals surface area contributed by atoms with Crippen molar-refractivity contribution in [3.63, 3.8) is 0 Å². The maximum Gasteiger partial charge on any atom is 0.317 e. The zero-order valence-electron chi connectivity index (χ0n) is 9.51. The monoisotopic (exact) mass is 228 g/mol. The Hall–Kier alpha value is -0.830. The Labute approximate surface area is 95.8 Å². The van der Waals surface area contributed by atoms with Gasteiger partial charge in [-0.1, -0.05) is 25.4 Å². The molecule has 2 rings (SSSR count). The van der Waals surface area contributed by atoms with E-state index in [1.165, 1.54) is 12.8 Å². The van der Waals surface area contributed by atoms with Crippen LogP contribution in [-0.2, 0) is 12.8 Å². The van der Waals surface area contributed by atoms with Crippen molar-refractivity contribution in [2.24, 2.45) is 0 Å². The summed E-state index contributed by atoms with van der Waals surface area (Å²) in [5.74, 6) is 0. The molecule has 0 aliphatic heterocycles. The lowest BCUT2D eigenvalue weighted by molar-refractivity contribution is 0.376. The van der Waals surface area contributed by atoms with Crippen molar-refractivity contribution in [2.75, 3.05) is 7.11 Å². The van der Waals surface area contributed by atoms with Crippen LogP contribution in [0.5, 0.6) is 6.01 Å². The quantitative estimate of drug-likeness (QED) is 0.693. The van der Waals surface area contributed by atoms with E-state index in [2.05, 4.69) is 9.97 Å². The summed E-state index contributed by atoms with van der Waals surface area (Å²) in [5, 5.41) is 0.557. The van der Waals surface area contributed by atoms with Crippen molar-refractivity contribution in [3.8, 4) is 6.01 Å². The van der Waals surface area contributed by atoms with Crippen LogP contribution in [0.25, 0.3) is 0 Å². The Balaban J connectivity index is 0.000000531. The third-order valence-electron chi connectivity index (χ3n) is 2.29. The lowest BCUT2D eigenvalue weighted by atomic mass is 9.98. The number of nitrogens with zero attached hydrogens (tertiary/aromatic N) is 2. The molecule has 0 spiro atoms. The summed E-state index contributed by atoms with van der Waals surface area (Å²) in [6.07, 6.45) is 4.36. The van der Waals surface area contributed by atoms with Crippen molar-refractivity contribution in [1.29, 1.82) is 0 Å². The minimum absolute atomic E-state index is 0.380. The van der Waals surface area contributed by atoms with Crippen molar-refractivity contribution in [2.45, 2.75) is 39.5 Å². The van der Waals surface area contributed by atoms with E-state index in [0.717, 1.165) is 24.1 Å². The van der Waals surface area contributed by atoms with Crippen LogP contribution < -0.4 is 4.74 Å². The van der Waals surface area contributed by atoms with E-state index >= 15 is 0 Å². The van der Waals surface area contributed by atoms with Crippen LogP contribution in [0.2, 0.25) is 5.15 Å². The van der Waals surface area contributed by atoms with Gasteiger partial charge in [-0.05, 0) is 25.7 Å². The van der Waals surface area contributed by atoms with Gasteiger partial charge in [-0.15, -0.1) is 0 Å². The Bertz CT molecular complexity index is 329. The average Bonchev–Trinajstić information content (AvgIpc) is 2.31. The highest BCUT2D eigenvalue weighted by Gasteiger charge is 2.16. The third kappa shape index (κ3) is 2.81. The predicted octanol–water partition coefficient (Wildman–Crippen LogP) is 3.04. The molecule has 3 nitrogen and oxygen atoms in total. The molecule has 1 aromatic rings. The normalized spacial score (nSPS) is 13.6. The topological polar surface area (TPSA) is 35.0 Å². The van der Waals surface area contributed by atoms with Crippen LogP contribution in [0.15, 0.2) is 0 Å². The SMILES string of the molecule is CC.COc1nc(Cl)c2c(n1)CCCC2. The second kappa shape index (κ2) is 5.91. The standard InChI is InChI=1S/C9H11ClN2O.C2H6/c1-13-9-11-7-5-3-2-4-6(7)8(10)12-9;1-2/h2-5H2,1H3;1-2H3. The van der Waals surface area contributed by atoms with Crippen LogP contribution in [0, 0.1) is 0 Å². The fraction of sp³-hybridized carbons (Fsp3) is 0.636. The highest BCUT2D eigenvalue weighted by molar-refractivity contribution is 6.30. The lowest BCUT2D eigenvalue weighted by Crippen LogP contribution is -2.08. The summed E-state index contributed by atoms with van der Waals surface area (Å²) >= 11 is 5.99. The van der Waals surface area contributed by atoms with Crippen molar-refractivity contribution >= 4 is 11.6 Å².